The van der Waals surface area contributed by atoms with E-state index in [9.17, 15) is 4.79 Å². The molecule has 0 saturated heterocycles. The molecular weight excluding hydrogens is 330 g/mol. The van der Waals surface area contributed by atoms with Gasteiger partial charge in [-0.1, -0.05) is 28.1 Å². The lowest BCUT2D eigenvalue weighted by molar-refractivity contribution is 0.102. The van der Waals surface area contributed by atoms with Gasteiger partial charge in [-0.05, 0) is 50.1 Å². The molecule has 21 heavy (non-hydrogen) atoms. The largest absolute Gasteiger partial charge is 0.496 e. The molecule has 2 aromatic carbocycles. The van der Waals surface area contributed by atoms with E-state index in [-0.39, 0.29) is 5.91 Å². The lowest BCUT2D eigenvalue weighted by Gasteiger charge is -2.15. The third-order valence-electron chi connectivity index (χ3n) is 3.57. The van der Waals surface area contributed by atoms with E-state index in [4.69, 9.17) is 4.74 Å². The van der Waals surface area contributed by atoms with E-state index in [1.807, 2.05) is 51.1 Å². The average molecular weight is 348 g/mol. The zero-order valence-corrected chi connectivity index (χ0v) is 14.2. The maximum absolute atomic E-state index is 12.5. The van der Waals surface area contributed by atoms with E-state index in [0.717, 1.165) is 32.6 Å². The quantitative estimate of drug-likeness (QED) is 0.878. The summed E-state index contributed by atoms with van der Waals surface area (Å²) >= 11 is 3.45. The summed E-state index contributed by atoms with van der Waals surface area (Å²) < 4.78 is 6.31. The summed E-state index contributed by atoms with van der Waals surface area (Å²) in [4.78, 5) is 12.5. The number of anilines is 1. The molecule has 0 aliphatic rings. The number of halogens is 1. The van der Waals surface area contributed by atoms with Gasteiger partial charge in [0.15, 0.2) is 0 Å². The van der Waals surface area contributed by atoms with E-state index in [1.165, 1.54) is 0 Å². The van der Waals surface area contributed by atoms with Gasteiger partial charge in [-0.3, -0.25) is 4.79 Å². The van der Waals surface area contributed by atoms with Gasteiger partial charge in [0.1, 0.15) is 5.75 Å². The molecule has 0 radical (unpaired) electrons. The minimum absolute atomic E-state index is 0.122. The van der Waals surface area contributed by atoms with Gasteiger partial charge in [0, 0.05) is 21.3 Å². The van der Waals surface area contributed by atoms with Crippen molar-refractivity contribution in [1.29, 1.82) is 0 Å². The van der Waals surface area contributed by atoms with Crippen LogP contribution in [0.4, 0.5) is 5.69 Å². The molecule has 0 bridgehead atoms. The van der Waals surface area contributed by atoms with E-state index in [2.05, 4.69) is 21.2 Å². The zero-order chi connectivity index (χ0) is 15.6. The minimum atomic E-state index is -0.122. The van der Waals surface area contributed by atoms with Gasteiger partial charge in [-0.2, -0.15) is 0 Å². The average Bonchev–Trinajstić information content (AvgIpc) is 2.45. The van der Waals surface area contributed by atoms with Crippen LogP contribution in [0.2, 0.25) is 0 Å². The number of carbonyl (C=O) groups excluding carboxylic acids is 1. The number of nitrogens with one attached hydrogen (secondary N) is 1. The first-order chi connectivity index (χ1) is 9.95. The third-order valence-corrected chi connectivity index (χ3v) is 4.43. The number of amides is 1. The van der Waals surface area contributed by atoms with Crippen LogP contribution in [0.1, 0.15) is 27.0 Å². The Hall–Kier alpha value is -1.81. The zero-order valence-electron chi connectivity index (χ0n) is 12.6. The number of rotatable bonds is 3. The van der Waals surface area contributed by atoms with E-state index in [1.54, 1.807) is 7.11 Å². The first kappa shape index (κ1) is 15.6. The summed E-state index contributed by atoms with van der Waals surface area (Å²) in [5.41, 5.74) is 4.32. The summed E-state index contributed by atoms with van der Waals surface area (Å²) in [6.45, 7) is 5.84. The maximum atomic E-state index is 12.5. The number of hydrogen-bond acceptors (Lipinski definition) is 2. The van der Waals surface area contributed by atoms with Gasteiger partial charge in [-0.25, -0.2) is 0 Å². The summed E-state index contributed by atoms with van der Waals surface area (Å²) in [6.07, 6.45) is 0. The number of aryl methyl sites for hydroxylation is 1. The van der Waals surface area contributed by atoms with Gasteiger partial charge in [0.25, 0.3) is 5.91 Å². The molecule has 0 unspecified atom stereocenters. The SMILES string of the molecule is COc1c(C)ccc(NC(=O)c2cccc(Br)c2C)c1C. The standard InChI is InChI=1S/C17H18BrNO2/c1-10-8-9-15(12(3)16(10)21-4)19-17(20)13-6-5-7-14(18)11(13)2/h5-9H,1-4H3,(H,19,20). The predicted octanol–water partition coefficient (Wildman–Crippen LogP) is 4.64. The molecule has 0 heterocycles. The first-order valence-corrected chi connectivity index (χ1v) is 7.45. The summed E-state index contributed by atoms with van der Waals surface area (Å²) in [6, 6.07) is 9.44. The Morgan fingerprint density at radius 2 is 1.81 bits per heavy atom. The molecular formula is C17H18BrNO2. The van der Waals surface area contributed by atoms with Crippen LogP contribution in [-0.2, 0) is 0 Å². The molecule has 0 spiro atoms. The maximum Gasteiger partial charge on any atom is 0.255 e. The lowest BCUT2D eigenvalue weighted by atomic mass is 10.1. The number of benzene rings is 2. The third kappa shape index (κ3) is 3.10. The van der Waals surface area contributed by atoms with Crippen LogP contribution in [0.15, 0.2) is 34.8 Å². The number of carbonyl (C=O) groups is 1. The van der Waals surface area contributed by atoms with Gasteiger partial charge in [0.2, 0.25) is 0 Å². The smallest absolute Gasteiger partial charge is 0.255 e. The van der Waals surface area contributed by atoms with Crippen LogP contribution in [0.3, 0.4) is 0 Å². The Morgan fingerprint density at radius 1 is 1.10 bits per heavy atom. The van der Waals surface area contributed by atoms with Gasteiger partial charge >= 0.3 is 0 Å². The van der Waals surface area contributed by atoms with Gasteiger partial charge in [0.05, 0.1) is 7.11 Å². The highest BCUT2D eigenvalue weighted by Gasteiger charge is 2.14. The summed E-state index contributed by atoms with van der Waals surface area (Å²) in [5.74, 6) is 0.682. The van der Waals surface area contributed by atoms with E-state index >= 15 is 0 Å². The molecule has 2 rings (SSSR count). The van der Waals surface area contributed by atoms with Crippen LogP contribution >= 0.6 is 15.9 Å². The lowest BCUT2D eigenvalue weighted by Crippen LogP contribution is -2.14. The molecule has 0 aromatic heterocycles. The molecule has 0 atom stereocenters. The summed E-state index contributed by atoms with van der Waals surface area (Å²) in [5, 5.41) is 2.96. The molecule has 110 valence electrons. The number of ether oxygens (including phenoxy) is 1. The van der Waals surface area contributed by atoms with E-state index < -0.39 is 0 Å². The number of hydrogen-bond donors (Lipinski definition) is 1. The van der Waals surface area contributed by atoms with Crippen LogP contribution in [-0.4, -0.2) is 13.0 Å². The van der Waals surface area contributed by atoms with Crippen molar-refractivity contribution >= 4 is 27.5 Å². The van der Waals surface area contributed by atoms with Gasteiger partial charge < -0.3 is 10.1 Å². The number of methoxy groups -OCH3 is 1. The van der Waals surface area contributed by atoms with Crippen LogP contribution in [0.5, 0.6) is 5.75 Å². The molecule has 0 saturated carbocycles. The highest BCUT2D eigenvalue weighted by molar-refractivity contribution is 9.10. The van der Waals surface area contributed by atoms with Crippen molar-refractivity contribution in [2.45, 2.75) is 20.8 Å². The predicted molar refractivity (Wildman–Crippen MR) is 89.3 cm³/mol. The van der Waals surface area contributed by atoms with Crippen LogP contribution in [0, 0.1) is 20.8 Å². The molecule has 1 N–H and O–H groups in total. The summed E-state index contributed by atoms with van der Waals surface area (Å²) in [7, 11) is 1.64. The Morgan fingerprint density at radius 3 is 2.48 bits per heavy atom. The van der Waals surface area contributed by atoms with Crippen LogP contribution in [0.25, 0.3) is 0 Å². The Labute approximate surface area is 133 Å². The molecule has 2 aromatic rings. The van der Waals surface area contributed by atoms with E-state index in [0.29, 0.717) is 5.56 Å². The Bertz CT molecular complexity index is 695. The Kier molecular flexibility index (Phi) is 4.68. The normalized spacial score (nSPS) is 10.3. The van der Waals surface area contributed by atoms with Crippen molar-refractivity contribution in [3.63, 3.8) is 0 Å². The Balaban J connectivity index is 2.34. The topological polar surface area (TPSA) is 38.3 Å². The molecule has 0 aliphatic heterocycles. The second kappa shape index (κ2) is 6.31. The fourth-order valence-electron chi connectivity index (χ4n) is 2.32. The van der Waals surface area contributed by atoms with Crippen molar-refractivity contribution in [1.82, 2.24) is 0 Å². The minimum Gasteiger partial charge on any atom is -0.496 e. The monoisotopic (exact) mass is 347 g/mol. The fraction of sp³-hybridized carbons (Fsp3) is 0.235. The van der Waals surface area contributed by atoms with Crippen molar-refractivity contribution in [3.8, 4) is 5.75 Å². The van der Waals surface area contributed by atoms with Crippen LogP contribution < -0.4 is 10.1 Å². The van der Waals surface area contributed by atoms with Crippen molar-refractivity contribution < 1.29 is 9.53 Å². The second-order valence-electron chi connectivity index (χ2n) is 4.95. The first-order valence-electron chi connectivity index (χ1n) is 6.66. The molecule has 0 fully saturated rings. The highest BCUT2D eigenvalue weighted by Crippen LogP contribution is 2.30. The molecule has 0 aliphatic carbocycles. The van der Waals surface area contributed by atoms with Crippen molar-refractivity contribution in [2.75, 3.05) is 12.4 Å². The molecule has 1 amide bonds. The second-order valence-corrected chi connectivity index (χ2v) is 5.81. The molecule has 3 nitrogen and oxygen atoms in total. The fourth-order valence-corrected chi connectivity index (χ4v) is 2.69. The van der Waals surface area contributed by atoms with Crippen molar-refractivity contribution in [2.24, 2.45) is 0 Å². The molecule has 4 heteroatoms. The van der Waals surface area contributed by atoms with Crippen molar-refractivity contribution in [3.05, 3.63) is 57.1 Å². The van der Waals surface area contributed by atoms with Gasteiger partial charge in [-0.15, -0.1) is 0 Å². The highest BCUT2D eigenvalue weighted by atomic mass is 79.9.